The number of carbonyl (C=O) groups excluding carboxylic acids is 1. The van der Waals surface area contributed by atoms with Crippen molar-refractivity contribution < 1.29 is 13.6 Å². The number of rotatable bonds is 4. The SMILES string of the molecule is CN(C)C(=O)CCNc1cc(F)ccc1F. The number of carbonyl (C=O) groups is 1. The Morgan fingerprint density at radius 3 is 2.69 bits per heavy atom. The summed E-state index contributed by atoms with van der Waals surface area (Å²) >= 11 is 0. The summed E-state index contributed by atoms with van der Waals surface area (Å²) in [5.74, 6) is -1.11. The van der Waals surface area contributed by atoms with Gasteiger partial charge in [-0.2, -0.15) is 0 Å². The Morgan fingerprint density at radius 2 is 2.06 bits per heavy atom. The fraction of sp³-hybridized carbons (Fsp3) is 0.364. The molecule has 1 N–H and O–H groups in total. The van der Waals surface area contributed by atoms with Crippen LogP contribution in [0.4, 0.5) is 14.5 Å². The molecule has 0 spiro atoms. The summed E-state index contributed by atoms with van der Waals surface area (Å²) in [6.07, 6.45) is 0.239. The van der Waals surface area contributed by atoms with Crippen LogP contribution in [0.25, 0.3) is 0 Å². The predicted octanol–water partition coefficient (Wildman–Crippen LogP) is 1.85. The van der Waals surface area contributed by atoms with E-state index >= 15 is 0 Å². The molecule has 1 amide bonds. The minimum atomic E-state index is -0.529. The third-order valence-electron chi connectivity index (χ3n) is 2.08. The van der Waals surface area contributed by atoms with Crippen molar-refractivity contribution >= 4 is 11.6 Å². The van der Waals surface area contributed by atoms with Gasteiger partial charge in [0.25, 0.3) is 0 Å². The molecule has 5 heteroatoms. The van der Waals surface area contributed by atoms with Gasteiger partial charge < -0.3 is 10.2 Å². The molecule has 16 heavy (non-hydrogen) atoms. The summed E-state index contributed by atoms with van der Waals surface area (Å²) in [4.78, 5) is 12.7. The smallest absolute Gasteiger partial charge is 0.223 e. The minimum absolute atomic E-state index is 0.0655. The monoisotopic (exact) mass is 228 g/mol. The Morgan fingerprint density at radius 1 is 1.38 bits per heavy atom. The van der Waals surface area contributed by atoms with E-state index in [9.17, 15) is 13.6 Å². The standard InChI is InChI=1S/C11H14F2N2O/c1-15(2)11(16)5-6-14-10-7-8(12)3-4-9(10)13/h3-4,7,14H,5-6H2,1-2H3. The van der Waals surface area contributed by atoms with Crippen LogP contribution in [0.3, 0.4) is 0 Å². The lowest BCUT2D eigenvalue weighted by molar-refractivity contribution is -0.128. The number of benzene rings is 1. The number of halogens is 2. The van der Waals surface area contributed by atoms with Gasteiger partial charge in [0.1, 0.15) is 11.6 Å². The van der Waals surface area contributed by atoms with E-state index in [0.29, 0.717) is 0 Å². The highest BCUT2D eigenvalue weighted by molar-refractivity contribution is 5.76. The Kier molecular flexibility index (Phi) is 4.22. The van der Waals surface area contributed by atoms with Gasteiger partial charge >= 0.3 is 0 Å². The zero-order valence-electron chi connectivity index (χ0n) is 9.26. The van der Waals surface area contributed by atoms with Crippen LogP contribution in [0.1, 0.15) is 6.42 Å². The second kappa shape index (κ2) is 5.44. The quantitative estimate of drug-likeness (QED) is 0.853. The maximum Gasteiger partial charge on any atom is 0.223 e. The normalized spacial score (nSPS) is 10.0. The molecule has 0 aromatic heterocycles. The molecule has 0 aliphatic rings. The molecule has 0 fully saturated rings. The van der Waals surface area contributed by atoms with Gasteiger partial charge in [-0.25, -0.2) is 8.78 Å². The van der Waals surface area contributed by atoms with Crippen molar-refractivity contribution in [2.75, 3.05) is 26.0 Å². The molecule has 0 aliphatic carbocycles. The van der Waals surface area contributed by atoms with Crippen LogP contribution >= 0.6 is 0 Å². The van der Waals surface area contributed by atoms with Crippen molar-refractivity contribution in [3.8, 4) is 0 Å². The molecular weight excluding hydrogens is 214 g/mol. The molecule has 1 rings (SSSR count). The van der Waals surface area contributed by atoms with E-state index < -0.39 is 11.6 Å². The summed E-state index contributed by atoms with van der Waals surface area (Å²) in [5, 5.41) is 2.68. The summed E-state index contributed by atoms with van der Waals surface area (Å²) < 4.78 is 25.9. The number of anilines is 1. The zero-order valence-corrected chi connectivity index (χ0v) is 9.26. The van der Waals surface area contributed by atoms with Crippen LogP contribution in [-0.4, -0.2) is 31.4 Å². The van der Waals surface area contributed by atoms with Gasteiger partial charge in [-0.3, -0.25) is 4.79 Å². The average molecular weight is 228 g/mol. The third-order valence-corrected chi connectivity index (χ3v) is 2.08. The maximum atomic E-state index is 13.1. The fourth-order valence-corrected chi connectivity index (χ4v) is 1.16. The Hall–Kier alpha value is -1.65. The van der Waals surface area contributed by atoms with E-state index in [1.165, 1.54) is 4.90 Å². The first kappa shape index (κ1) is 12.4. The number of hydrogen-bond donors (Lipinski definition) is 1. The van der Waals surface area contributed by atoms with Crippen LogP contribution in [0.15, 0.2) is 18.2 Å². The number of nitrogens with one attached hydrogen (secondary N) is 1. The molecule has 0 radical (unpaired) electrons. The zero-order chi connectivity index (χ0) is 12.1. The molecule has 1 aromatic carbocycles. The highest BCUT2D eigenvalue weighted by Crippen LogP contribution is 2.14. The summed E-state index contributed by atoms with van der Waals surface area (Å²) in [7, 11) is 3.29. The van der Waals surface area contributed by atoms with Gasteiger partial charge in [0.15, 0.2) is 0 Å². The van der Waals surface area contributed by atoms with E-state index in [1.54, 1.807) is 14.1 Å². The minimum Gasteiger partial charge on any atom is -0.382 e. The summed E-state index contributed by atoms with van der Waals surface area (Å²) in [5.41, 5.74) is 0.0755. The van der Waals surface area contributed by atoms with Crippen LogP contribution in [0.2, 0.25) is 0 Å². The largest absolute Gasteiger partial charge is 0.382 e. The van der Waals surface area contributed by atoms with E-state index in [4.69, 9.17) is 0 Å². The topological polar surface area (TPSA) is 32.3 Å². The van der Waals surface area contributed by atoms with Crippen molar-refractivity contribution in [3.63, 3.8) is 0 Å². The van der Waals surface area contributed by atoms with Crippen molar-refractivity contribution in [2.45, 2.75) is 6.42 Å². The molecule has 0 saturated heterocycles. The first-order valence-electron chi connectivity index (χ1n) is 4.90. The van der Waals surface area contributed by atoms with E-state index in [2.05, 4.69) is 5.32 Å². The van der Waals surface area contributed by atoms with Gasteiger partial charge in [-0.15, -0.1) is 0 Å². The second-order valence-corrected chi connectivity index (χ2v) is 3.59. The molecule has 0 heterocycles. The lowest BCUT2D eigenvalue weighted by Gasteiger charge is -2.11. The molecule has 0 saturated carbocycles. The third kappa shape index (κ3) is 3.49. The number of hydrogen-bond acceptors (Lipinski definition) is 2. The van der Waals surface area contributed by atoms with Crippen molar-refractivity contribution in [3.05, 3.63) is 29.8 Å². The van der Waals surface area contributed by atoms with Gasteiger partial charge in [-0.05, 0) is 18.2 Å². The first-order chi connectivity index (χ1) is 7.50. The van der Waals surface area contributed by atoms with E-state index in [1.807, 2.05) is 0 Å². The van der Waals surface area contributed by atoms with Crippen LogP contribution in [-0.2, 0) is 4.79 Å². The van der Waals surface area contributed by atoms with Crippen molar-refractivity contribution in [1.29, 1.82) is 0 Å². The maximum absolute atomic E-state index is 13.1. The van der Waals surface area contributed by atoms with E-state index in [-0.39, 0.29) is 24.6 Å². The molecule has 0 unspecified atom stereocenters. The molecule has 0 atom stereocenters. The highest BCUT2D eigenvalue weighted by atomic mass is 19.1. The Balaban J connectivity index is 2.49. The van der Waals surface area contributed by atoms with Crippen molar-refractivity contribution in [1.82, 2.24) is 4.90 Å². The Bertz CT molecular complexity index is 380. The fourth-order valence-electron chi connectivity index (χ4n) is 1.16. The van der Waals surface area contributed by atoms with Gasteiger partial charge in [-0.1, -0.05) is 0 Å². The molecule has 3 nitrogen and oxygen atoms in total. The van der Waals surface area contributed by atoms with E-state index in [0.717, 1.165) is 18.2 Å². The number of amides is 1. The summed E-state index contributed by atoms with van der Waals surface area (Å²) in [6.45, 7) is 0.275. The molecule has 0 bridgehead atoms. The van der Waals surface area contributed by atoms with Crippen LogP contribution in [0, 0.1) is 11.6 Å². The van der Waals surface area contributed by atoms with Gasteiger partial charge in [0, 0.05) is 27.1 Å². The molecule has 1 aromatic rings. The highest BCUT2D eigenvalue weighted by Gasteiger charge is 2.06. The predicted molar refractivity (Wildman–Crippen MR) is 58.2 cm³/mol. The lowest BCUT2D eigenvalue weighted by atomic mass is 10.3. The van der Waals surface area contributed by atoms with Gasteiger partial charge in [0.2, 0.25) is 5.91 Å². The Labute approximate surface area is 93.1 Å². The average Bonchev–Trinajstić information content (AvgIpc) is 2.22. The first-order valence-corrected chi connectivity index (χ1v) is 4.90. The summed E-state index contributed by atoms with van der Waals surface area (Å²) in [6, 6.07) is 3.16. The second-order valence-electron chi connectivity index (χ2n) is 3.59. The lowest BCUT2D eigenvalue weighted by Crippen LogP contribution is -2.24. The van der Waals surface area contributed by atoms with Crippen LogP contribution in [0.5, 0.6) is 0 Å². The molecule has 0 aliphatic heterocycles. The van der Waals surface area contributed by atoms with Crippen LogP contribution < -0.4 is 5.32 Å². The van der Waals surface area contributed by atoms with Crippen molar-refractivity contribution in [2.24, 2.45) is 0 Å². The molecular formula is C11H14F2N2O. The number of nitrogens with zero attached hydrogens (tertiary/aromatic N) is 1. The molecule has 88 valence electrons. The van der Waals surface area contributed by atoms with Gasteiger partial charge in [0.05, 0.1) is 5.69 Å².